The summed E-state index contributed by atoms with van der Waals surface area (Å²) in [5.41, 5.74) is 2.80. The number of hydrogen-bond donors (Lipinski definition) is 1. The maximum Gasteiger partial charge on any atom is 0.0366 e. The molecule has 0 amide bonds. The van der Waals surface area contributed by atoms with Gasteiger partial charge in [-0.1, -0.05) is 19.1 Å². The summed E-state index contributed by atoms with van der Waals surface area (Å²) in [6.45, 7) is 7.29. The lowest BCUT2D eigenvalue weighted by atomic mass is 10.0. The number of hydrogen-bond acceptors (Lipinski definition) is 3. The van der Waals surface area contributed by atoms with Gasteiger partial charge >= 0.3 is 0 Å². The van der Waals surface area contributed by atoms with Gasteiger partial charge in [-0.2, -0.15) is 0 Å². The highest BCUT2D eigenvalue weighted by Gasteiger charge is 2.29. The van der Waals surface area contributed by atoms with E-state index in [0.29, 0.717) is 6.04 Å². The molecule has 3 rings (SSSR count). The maximum atomic E-state index is 3.38. The SMILES string of the molecule is CCC(NC)c1ccc(N2CCC(N3CCCC3)C2)cc1. The highest BCUT2D eigenvalue weighted by atomic mass is 15.3. The van der Waals surface area contributed by atoms with Crippen LogP contribution in [-0.4, -0.2) is 44.2 Å². The van der Waals surface area contributed by atoms with Gasteiger partial charge in [0.25, 0.3) is 0 Å². The van der Waals surface area contributed by atoms with Crippen LogP contribution in [0.25, 0.3) is 0 Å². The van der Waals surface area contributed by atoms with Crippen molar-refractivity contribution in [1.82, 2.24) is 10.2 Å². The topological polar surface area (TPSA) is 18.5 Å². The van der Waals surface area contributed by atoms with Crippen molar-refractivity contribution >= 4 is 5.69 Å². The number of rotatable bonds is 5. The Balaban J connectivity index is 1.62. The van der Waals surface area contributed by atoms with E-state index in [9.17, 15) is 0 Å². The van der Waals surface area contributed by atoms with Crippen molar-refractivity contribution in [2.45, 2.75) is 44.7 Å². The van der Waals surface area contributed by atoms with Crippen molar-refractivity contribution in [3.63, 3.8) is 0 Å². The molecule has 21 heavy (non-hydrogen) atoms. The number of anilines is 1. The van der Waals surface area contributed by atoms with Crippen LogP contribution in [0.15, 0.2) is 24.3 Å². The minimum Gasteiger partial charge on any atom is -0.370 e. The standard InChI is InChI=1S/C18H29N3/c1-3-18(19-2)15-6-8-16(9-7-15)21-13-10-17(14-21)20-11-4-5-12-20/h6-9,17-19H,3-5,10-14H2,1-2H3. The highest BCUT2D eigenvalue weighted by molar-refractivity contribution is 5.49. The summed E-state index contributed by atoms with van der Waals surface area (Å²) in [4.78, 5) is 5.26. The van der Waals surface area contributed by atoms with Gasteiger partial charge in [0.15, 0.2) is 0 Å². The molecule has 2 fully saturated rings. The van der Waals surface area contributed by atoms with Gasteiger partial charge in [0, 0.05) is 30.9 Å². The van der Waals surface area contributed by atoms with Crippen LogP contribution < -0.4 is 10.2 Å². The fourth-order valence-electron chi connectivity index (χ4n) is 3.91. The van der Waals surface area contributed by atoms with Crippen LogP contribution in [0.5, 0.6) is 0 Å². The van der Waals surface area contributed by atoms with Crippen molar-refractivity contribution in [3.8, 4) is 0 Å². The molecule has 0 bridgehead atoms. The molecule has 1 aromatic rings. The molecule has 116 valence electrons. The molecule has 2 heterocycles. The summed E-state index contributed by atoms with van der Waals surface area (Å²) in [6, 6.07) is 10.5. The van der Waals surface area contributed by atoms with Crippen molar-refractivity contribution in [2.75, 3.05) is 38.1 Å². The molecule has 0 aliphatic carbocycles. The Morgan fingerprint density at radius 3 is 2.48 bits per heavy atom. The summed E-state index contributed by atoms with van der Waals surface area (Å²) in [6.07, 6.45) is 5.26. The van der Waals surface area contributed by atoms with Crippen LogP contribution in [0.4, 0.5) is 5.69 Å². The van der Waals surface area contributed by atoms with Crippen molar-refractivity contribution in [1.29, 1.82) is 0 Å². The van der Waals surface area contributed by atoms with Crippen LogP contribution in [-0.2, 0) is 0 Å². The van der Waals surface area contributed by atoms with E-state index in [0.717, 1.165) is 12.5 Å². The lowest BCUT2D eigenvalue weighted by Gasteiger charge is -2.25. The minimum atomic E-state index is 0.481. The molecule has 2 unspecified atom stereocenters. The van der Waals surface area contributed by atoms with E-state index in [1.165, 1.54) is 56.7 Å². The average Bonchev–Trinajstić information content (AvgIpc) is 3.20. The maximum absolute atomic E-state index is 3.38. The molecule has 2 saturated heterocycles. The zero-order chi connectivity index (χ0) is 14.7. The van der Waals surface area contributed by atoms with Gasteiger partial charge in [0.05, 0.1) is 0 Å². The second kappa shape index (κ2) is 6.80. The van der Waals surface area contributed by atoms with E-state index in [4.69, 9.17) is 0 Å². The first-order chi connectivity index (χ1) is 10.3. The zero-order valence-corrected chi connectivity index (χ0v) is 13.5. The Bertz CT molecular complexity index is 432. The van der Waals surface area contributed by atoms with Crippen LogP contribution in [0.3, 0.4) is 0 Å². The summed E-state index contributed by atoms with van der Waals surface area (Å²) in [5.74, 6) is 0. The monoisotopic (exact) mass is 287 g/mol. The van der Waals surface area contributed by atoms with Gasteiger partial charge in [-0.15, -0.1) is 0 Å². The highest BCUT2D eigenvalue weighted by Crippen LogP contribution is 2.27. The smallest absolute Gasteiger partial charge is 0.0366 e. The summed E-state index contributed by atoms with van der Waals surface area (Å²) in [5, 5.41) is 3.38. The Labute approximate surface area is 129 Å². The number of nitrogens with zero attached hydrogens (tertiary/aromatic N) is 2. The number of likely N-dealkylation sites (tertiary alicyclic amines) is 1. The predicted octanol–water partition coefficient (Wildman–Crippen LogP) is 3.03. The van der Waals surface area contributed by atoms with E-state index < -0.39 is 0 Å². The normalized spacial score (nSPS) is 24.7. The second-order valence-corrected chi connectivity index (χ2v) is 6.47. The Morgan fingerprint density at radius 1 is 1.14 bits per heavy atom. The van der Waals surface area contributed by atoms with Crippen LogP contribution in [0.2, 0.25) is 0 Å². The van der Waals surface area contributed by atoms with E-state index in [1.54, 1.807) is 0 Å². The van der Waals surface area contributed by atoms with Crippen molar-refractivity contribution < 1.29 is 0 Å². The van der Waals surface area contributed by atoms with Gasteiger partial charge in [0.2, 0.25) is 0 Å². The first-order valence-electron chi connectivity index (χ1n) is 8.58. The van der Waals surface area contributed by atoms with E-state index in [-0.39, 0.29) is 0 Å². The third-order valence-corrected chi connectivity index (χ3v) is 5.24. The van der Waals surface area contributed by atoms with Crippen molar-refractivity contribution in [2.24, 2.45) is 0 Å². The van der Waals surface area contributed by atoms with E-state index in [1.807, 2.05) is 7.05 Å². The molecule has 3 nitrogen and oxygen atoms in total. The van der Waals surface area contributed by atoms with E-state index in [2.05, 4.69) is 46.3 Å². The second-order valence-electron chi connectivity index (χ2n) is 6.47. The van der Waals surface area contributed by atoms with Gasteiger partial charge in [-0.05, 0) is 63.5 Å². The largest absolute Gasteiger partial charge is 0.370 e. The van der Waals surface area contributed by atoms with E-state index >= 15 is 0 Å². The summed E-state index contributed by atoms with van der Waals surface area (Å²) in [7, 11) is 2.04. The van der Waals surface area contributed by atoms with Crippen LogP contribution >= 0.6 is 0 Å². The summed E-state index contributed by atoms with van der Waals surface area (Å²) < 4.78 is 0. The Kier molecular flexibility index (Phi) is 4.81. The molecule has 1 aromatic carbocycles. The van der Waals surface area contributed by atoms with Gasteiger partial charge in [-0.25, -0.2) is 0 Å². The fourth-order valence-corrected chi connectivity index (χ4v) is 3.91. The quantitative estimate of drug-likeness (QED) is 0.898. The van der Waals surface area contributed by atoms with Gasteiger partial charge in [0.1, 0.15) is 0 Å². The first kappa shape index (κ1) is 14.9. The van der Waals surface area contributed by atoms with Gasteiger partial charge < -0.3 is 10.2 Å². The lowest BCUT2D eigenvalue weighted by Crippen LogP contribution is -2.35. The molecule has 2 aliphatic heterocycles. The molecule has 0 aromatic heterocycles. The van der Waals surface area contributed by atoms with Gasteiger partial charge in [-0.3, -0.25) is 4.90 Å². The van der Waals surface area contributed by atoms with Crippen LogP contribution in [0, 0.1) is 0 Å². The molecule has 0 saturated carbocycles. The third-order valence-electron chi connectivity index (χ3n) is 5.24. The molecular formula is C18H29N3. The molecule has 0 spiro atoms. The number of nitrogens with one attached hydrogen (secondary N) is 1. The molecule has 3 heteroatoms. The predicted molar refractivity (Wildman–Crippen MR) is 90.0 cm³/mol. The minimum absolute atomic E-state index is 0.481. The average molecular weight is 287 g/mol. The Hall–Kier alpha value is -1.06. The first-order valence-corrected chi connectivity index (χ1v) is 8.58. The third kappa shape index (κ3) is 3.24. The molecular weight excluding hydrogens is 258 g/mol. The number of benzene rings is 1. The molecule has 1 N–H and O–H groups in total. The van der Waals surface area contributed by atoms with Crippen LogP contribution in [0.1, 0.15) is 44.2 Å². The summed E-state index contributed by atoms with van der Waals surface area (Å²) >= 11 is 0. The Morgan fingerprint density at radius 2 is 1.86 bits per heavy atom. The molecule has 2 aliphatic rings. The molecule has 0 radical (unpaired) electrons. The lowest BCUT2D eigenvalue weighted by molar-refractivity contribution is 0.260. The van der Waals surface area contributed by atoms with Crippen molar-refractivity contribution in [3.05, 3.63) is 29.8 Å². The molecule has 2 atom stereocenters. The fraction of sp³-hybridized carbons (Fsp3) is 0.667. The zero-order valence-electron chi connectivity index (χ0n) is 13.5.